The predicted octanol–water partition coefficient (Wildman–Crippen LogP) is 2.74. The molecule has 1 saturated heterocycles. The summed E-state index contributed by atoms with van der Waals surface area (Å²) in [6.07, 6.45) is 4.59. The fraction of sp³-hybridized carbons (Fsp3) is 0.550. The van der Waals surface area contributed by atoms with Crippen LogP contribution in [0.4, 0.5) is 5.69 Å². The minimum Gasteiger partial charge on any atom is -0.421 e. The average Bonchev–Trinajstić information content (AvgIpc) is 3.15. The summed E-state index contributed by atoms with van der Waals surface area (Å²) in [7, 11) is 0. The van der Waals surface area contributed by atoms with Crippen molar-refractivity contribution in [1.82, 2.24) is 15.1 Å². The monoisotopic (exact) mass is 370 g/mol. The lowest BCUT2D eigenvalue weighted by molar-refractivity contribution is -0.128. The molecule has 2 aromatic rings. The van der Waals surface area contributed by atoms with Gasteiger partial charge in [-0.1, -0.05) is 13.3 Å². The van der Waals surface area contributed by atoms with E-state index in [9.17, 15) is 4.79 Å². The van der Waals surface area contributed by atoms with Gasteiger partial charge in [-0.05, 0) is 43.0 Å². The Bertz CT molecular complexity index is 770. The van der Waals surface area contributed by atoms with Crippen LogP contribution in [0.15, 0.2) is 28.7 Å². The van der Waals surface area contributed by atoms with Crippen LogP contribution in [0.1, 0.15) is 32.1 Å². The van der Waals surface area contributed by atoms with Crippen molar-refractivity contribution in [3.63, 3.8) is 0 Å². The number of morpholine rings is 1. The molecule has 2 heterocycles. The highest BCUT2D eigenvalue weighted by molar-refractivity contribution is 5.95. The van der Waals surface area contributed by atoms with E-state index in [0.29, 0.717) is 31.4 Å². The lowest BCUT2D eigenvalue weighted by atomic mass is 9.84. The van der Waals surface area contributed by atoms with Crippen LogP contribution in [-0.4, -0.2) is 53.3 Å². The van der Waals surface area contributed by atoms with Crippen molar-refractivity contribution in [2.75, 3.05) is 31.6 Å². The van der Waals surface area contributed by atoms with Crippen molar-refractivity contribution in [1.29, 1.82) is 0 Å². The number of nitrogens with one attached hydrogen (secondary N) is 1. The van der Waals surface area contributed by atoms with E-state index in [1.165, 1.54) is 19.3 Å². The Morgan fingerprint density at radius 2 is 2.07 bits per heavy atom. The number of rotatable bonds is 6. The molecule has 2 fully saturated rings. The van der Waals surface area contributed by atoms with E-state index >= 15 is 0 Å². The van der Waals surface area contributed by atoms with Crippen LogP contribution in [0.3, 0.4) is 0 Å². The number of carbonyl (C=O) groups excluding carboxylic acids is 1. The number of nitrogens with zero attached hydrogens (tertiary/aromatic N) is 3. The van der Waals surface area contributed by atoms with Gasteiger partial charge < -0.3 is 14.5 Å². The summed E-state index contributed by atoms with van der Waals surface area (Å²) in [5, 5.41) is 11.0. The summed E-state index contributed by atoms with van der Waals surface area (Å²) >= 11 is 0. The first-order valence-electron chi connectivity index (χ1n) is 9.78. The number of amides is 1. The van der Waals surface area contributed by atoms with E-state index in [1.807, 2.05) is 31.2 Å². The Balaban J connectivity index is 1.39. The first-order chi connectivity index (χ1) is 13.2. The van der Waals surface area contributed by atoms with Gasteiger partial charge in [0.05, 0.1) is 13.2 Å². The van der Waals surface area contributed by atoms with Gasteiger partial charge in [-0.25, -0.2) is 0 Å². The standard InChI is InChI=1S/C20H26N4O3/c1-2-18-22-23-20(27-18)15-6-8-16(9-7-15)21-19(25)17-13-26-11-10-24(17)12-14-4-3-5-14/h6-9,14,17H,2-5,10-13H2,1H3,(H,21,25). The largest absolute Gasteiger partial charge is 0.421 e. The lowest BCUT2D eigenvalue weighted by Crippen LogP contribution is -2.53. The molecule has 27 heavy (non-hydrogen) atoms. The average molecular weight is 370 g/mol. The molecule has 144 valence electrons. The van der Waals surface area contributed by atoms with Crippen molar-refractivity contribution in [3.05, 3.63) is 30.2 Å². The summed E-state index contributed by atoms with van der Waals surface area (Å²) < 4.78 is 11.1. The molecule has 1 unspecified atom stereocenters. The SMILES string of the molecule is CCc1nnc(-c2ccc(NC(=O)C3COCCN3CC3CCC3)cc2)o1. The minimum absolute atomic E-state index is 0.00664. The third-order valence-corrected chi connectivity index (χ3v) is 5.43. The molecule has 4 rings (SSSR count). The summed E-state index contributed by atoms with van der Waals surface area (Å²) in [5.41, 5.74) is 1.60. The first-order valence-corrected chi connectivity index (χ1v) is 9.78. The van der Waals surface area contributed by atoms with E-state index in [4.69, 9.17) is 9.15 Å². The number of benzene rings is 1. The van der Waals surface area contributed by atoms with E-state index in [2.05, 4.69) is 20.4 Å². The van der Waals surface area contributed by atoms with Gasteiger partial charge in [0.15, 0.2) is 0 Å². The van der Waals surface area contributed by atoms with Crippen LogP contribution in [0, 0.1) is 5.92 Å². The molecule has 0 spiro atoms. The van der Waals surface area contributed by atoms with E-state index in [1.54, 1.807) is 0 Å². The highest BCUT2D eigenvalue weighted by Crippen LogP contribution is 2.28. The van der Waals surface area contributed by atoms with Crippen LogP contribution >= 0.6 is 0 Å². The van der Waals surface area contributed by atoms with Crippen molar-refractivity contribution >= 4 is 11.6 Å². The number of aromatic nitrogens is 2. The molecule has 1 atom stereocenters. The molecule has 1 N–H and O–H groups in total. The number of hydrogen-bond acceptors (Lipinski definition) is 6. The van der Waals surface area contributed by atoms with Crippen LogP contribution in [0.5, 0.6) is 0 Å². The Labute approximate surface area is 159 Å². The van der Waals surface area contributed by atoms with Gasteiger partial charge in [0.1, 0.15) is 6.04 Å². The number of carbonyl (C=O) groups is 1. The van der Waals surface area contributed by atoms with E-state index in [-0.39, 0.29) is 11.9 Å². The fourth-order valence-electron chi connectivity index (χ4n) is 3.54. The number of hydrogen-bond donors (Lipinski definition) is 1. The maximum Gasteiger partial charge on any atom is 0.247 e. The normalized spacial score (nSPS) is 21.0. The summed E-state index contributed by atoms with van der Waals surface area (Å²) in [4.78, 5) is 15.1. The molecule has 1 saturated carbocycles. The molecule has 1 aromatic carbocycles. The quantitative estimate of drug-likeness (QED) is 0.842. The topological polar surface area (TPSA) is 80.5 Å². The summed E-state index contributed by atoms with van der Waals surface area (Å²) in [6, 6.07) is 7.27. The van der Waals surface area contributed by atoms with Crippen molar-refractivity contribution in [3.8, 4) is 11.5 Å². The van der Waals surface area contributed by atoms with Crippen LogP contribution in [0.2, 0.25) is 0 Å². The number of anilines is 1. The second kappa shape index (κ2) is 8.19. The van der Waals surface area contributed by atoms with Crippen LogP contribution < -0.4 is 5.32 Å². The zero-order valence-electron chi connectivity index (χ0n) is 15.7. The van der Waals surface area contributed by atoms with Crippen molar-refractivity contribution < 1.29 is 13.9 Å². The fourth-order valence-corrected chi connectivity index (χ4v) is 3.54. The highest BCUT2D eigenvalue weighted by atomic mass is 16.5. The summed E-state index contributed by atoms with van der Waals surface area (Å²) in [6.45, 7) is 4.95. The molecule has 1 amide bonds. The Morgan fingerprint density at radius 3 is 2.74 bits per heavy atom. The molecule has 2 aliphatic rings. The molecule has 1 aliphatic carbocycles. The third kappa shape index (κ3) is 4.20. The van der Waals surface area contributed by atoms with Gasteiger partial charge in [0.2, 0.25) is 17.7 Å². The van der Waals surface area contributed by atoms with Crippen molar-refractivity contribution in [2.45, 2.75) is 38.6 Å². The molecule has 1 aromatic heterocycles. The molecule has 1 aliphatic heterocycles. The smallest absolute Gasteiger partial charge is 0.247 e. The minimum atomic E-state index is -0.220. The van der Waals surface area contributed by atoms with Crippen molar-refractivity contribution in [2.24, 2.45) is 5.92 Å². The van der Waals surface area contributed by atoms with Gasteiger partial charge in [-0.3, -0.25) is 9.69 Å². The van der Waals surface area contributed by atoms with Gasteiger partial charge in [-0.15, -0.1) is 10.2 Å². The maximum absolute atomic E-state index is 12.8. The van der Waals surface area contributed by atoms with Gasteiger partial charge in [0, 0.05) is 30.8 Å². The van der Waals surface area contributed by atoms with Gasteiger partial charge in [-0.2, -0.15) is 0 Å². The second-order valence-corrected chi connectivity index (χ2v) is 7.30. The zero-order valence-corrected chi connectivity index (χ0v) is 15.7. The van der Waals surface area contributed by atoms with Crippen LogP contribution in [-0.2, 0) is 16.0 Å². The molecule has 0 radical (unpaired) electrons. The lowest BCUT2D eigenvalue weighted by Gasteiger charge is -2.39. The molecule has 7 heteroatoms. The zero-order chi connectivity index (χ0) is 18.6. The van der Waals surface area contributed by atoms with Crippen LogP contribution in [0.25, 0.3) is 11.5 Å². The number of aryl methyl sites for hydroxylation is 1. The second-order valence-electron chi connectivity index (χ2n) is 7.30. The molecular weight excluding hydrogens is 344 g/mol. The Kier molecular flexibility index (Phi) is 5.50. The van der Waals surface area contributed by atoms with E-state index in [0.717, 1.165) is 30.3 Å². The Hall–Kier alpha value is -2.25. The summed E-state index contributed by atoms with van der Waals surface area (Å²) in [5.74, 6) is 1.84. The third-order valence-electron chi connectivity index (χ3n) is 5.43. The molecule has 7 nitrogen and oxygen atoms in total. The van der Waals surface area contributed by atoms with E-state index < -0.39 is 0 Å². The first kappa shape index (κ1) is 18.1. The molecular formula is C20H26N4O3. The predicted molar refractivity (Wildman–Crippen MR) is 101 cm³/mol. The number of ether oxygens (including phenoxy) is 1. The maximum atomic E-state index is 12.8. The molecule has 0 bridgehead atoms. The van der Waals surface area contributed by atoms with Gasteiger partial charge >= 0.3 is 0 Å². The Morgan fingerprint density at radius 1 is 1.26 bits per heavy atom. The highest BCUT2D eigenvalue weighted by Gasteiger charge is 2.32. The van der Waals surface area contributed by atoms with Gasteiger partial charge in [0.25, 0.3) is 0 Å².